The number of fused-ring (bicyclic) bond motifs is 1. The van der Waals surface area contributed by atoms with Crippen molar-refractivity contribution < 1.29 is 4.79 Å². The molecule has 4 nitrogen and oxygen atoms in total. The molecule has 4 heteroatoms. The van der Waals surface area contributed by atoms with E-state index >= 15 is 0 Å². The summed E-state index contributed by atoms with van der Waals surface area (Å²) in [5, 5.41) is 0. The quantitative estimate of drug-likeness (QED) is 0.912. The number of aliphatic imine (C=N–C) groups is 1. The predicted octanol–water partition coefficient (Wildman–Crippen LogP) is 2.46. The Hall–Kier alpha value is -2.10. The molecule has 1 fully saturated rings. The second kappa shape index (κ2) is 5.52. The summed E-state index contributed by atoms with van der Waals surface area (Å²) in [6.45, 7) is 3.41. The van der Waals surface area contributed by atoms with E-state index in [2.05, 4.69) is 42.3 Å². The zero-order valence-electron chi connectivity index (χ0n) is 13.5. The Morgan fingerprint density at radius 1 is 1.30 bits per heavy atom. The van der Waals surface area contributed by atoms with E-state index in [4.69, 9.17) is 5.73 Å². The number of amidine groups is 1. The summed E-state index contributed by atoms with van der Waals surface area (Å²) >= 11 is 0. The van der Waals surface area contributed by atoms with E-state index < -0.39 is 0 Å². The lowest BCUT2D eigenvalue weighted by Crippen LogP contribution is -2.43. The SMILES string of the molecule is C[C@@H]1c2ccccc2CCN1C(=O)C1C=C(C2CC2)C(N)=NC1. The lowest BCUT2D eigenvalue weighted by molar-refractivity contribution is -0.136. The molecule has 1 aromatic rings. The molecule has 1 amide bonds. The van der Waals surface area contributed by atoms with Crippen LogP contribution in [0.3, 0.4) is 0 Å². The molecular weight excluding hydrogens is 286 g/mol. The number of amides is 1. The van der Waals surface area contributed by atoms with Gasteiger partial charge in [0.2, 0.25) is 5.91 Å². The molecule has 120 valence electrons. The Kier molecular flexibility index (Phi) is 3.47. The molecule has 1 saturated carbocycles. The van der Waals surface area contributed by atoms with Crippen molar-refractivity contribution in [1.29, 1.82) is 0 Å². The minimum Gasteiger partial charge on any atom is -0.384 e. The van der Waals surface area contributed by atoms with E-state index in [-0.39, 0.29) is 17.9 Å². The van der Waals surface area contributed by atoms with Crippen LogP contribution in [0.1, 0.15) is 36.9 Å². The normalized spacial score (nSPS) is 27.1. The molecule has 1 aromatic carbocycles. The number of nitrogens with zero attached hydrogens (tertiary/aromatic N) is 2. The van der Waals surface area contributed by atoms with Crippen LogP contribution in [0.25, 0.3) is 0 Å². The first-order valence-corrected chi connectivity index (χ1v) is 8.55. The maximum absolute atomic E-state index is 13.0. The van der Waals surface area contributed by atoms with Gasteiger partial charge in [0, 0.05) is 6.54 Å². The molecule has 2 N–H and O–H groups in total. The van der Waals surface area contributed by atoms with E-state index in [9.17, 15) is 4.79 Å². The highest BCUT2D eigenvalue weighted by Gasteiger charge is 2.35. The van der Waals surface area contributed by atoms with Gasteiger partial charge in [-0.05, 0) is 48.8 Å². The van der Waals surface area contributed by atoms with Crippen molar-refractivity contribution in [3.63, 3.8) is 0 Å². The van der Waals surface area contributed by atoms with Gasteiger partial charge in [0.05, 0.1) is 18.5 Å². The van der Waals surface area contributed by atoms with Crippen molar-refractivity contribution in [2.75, 3.05) is 13.1 Å². The van der Waals surface area contributed by atoms with Crippen LogP contribution in [0.5, 0.6) is 0 Å². The van der Waals surface area contributed by atoms with E-state index in [0.717, 1.165) is 18.5 Å². The third-order valence-electron chi connectivity index (χ3n) is 5.35. The summed E-state index contributed by atoms with van der Waals surface area (Å²) < 4.78 is 0. The van der Waals surface area contributed by atoms with Crippen LogP contribution < -0.4 is 5.73 Å². The second-order valence-electron chi connectivity index (χ2n) is 6.89. The molecule has 3 aliphatic rings. The standard InChI is InChI=1S/C19H23N3O/c1-12-16-5-3-2-4-13(16)8-9-22(12)19(23)15-10-17(14-6-7-14)18(20)21-11-15/h2-5,10,12,14-15H,6-9,11H2,1H3,(H2,20,21)/t12-,15?/m1/s1. The van der Waals surface area contributed by atoms with Gasteiger partial charge in [-0.25, -0.2) is 0 Å². The first-order chi connectivity index (χ1) is 11.1. The average Bonchev–Trinajstić information content (AvgIpc) is 3.40. The van der Waals surface area contributed by atoms with E-state index in [1.807, 2.05) is 4.90 Å². The Labute approximate surface area is 137 Å². The van der Waals surface area contributed by atoms with E-state index in [1.165, 1.54) is 24.0 Å². The average molecular weight is 309 g/mol. The molecule has 1 unspecified atom stereocenters. The van der Waals surface area contributed by atoms with Gasteiger partial charge >= 0.3 is 0 Å². The third-order valence-corrected chi connectivity index (χ3v) is 5.35. The smallest absolute Gasteiger partial charge is 0.231 e. The summed E-state index contributed by atoms with van der Waals surface area (Å²) in [5.41, 5.74) is 9.76. The number of rotatable bonds is 2. The number of benzene rings is 1. The molecule has 0 saturated heterocycles. The lowest BCUT2D eigenvalue weighted by atomic mass is 9.91. The van der Waals surface area contributed by atoms with Crippen LogP contribution in [0.15, 0.2) is 40.9 Å². The number of carbonyl (C=O) groups is 1. The zero-order chi connectivity index (χ0) is 16.0. The van der Waals surface area contributed by atoms with Crippen LogP contribution in [-0.2, 0) is 11.2 Å². The van der Waals surface area contributed by atoms with Gasteiger partial charge in [0.15, 0.2) is 0 Å². The van der Waals surface area contributed by atoms with Gasteiger partial charge in [0.1, 0.15) is 5.84 Å². The van der Waals surface area contributed by atoms with Crippen LogP contribution in [0.4, 0.5) is 0 Å². The highest BCUT2D eigenvalue weighted by atomic mass is 16.2. The fourth-order valence-electron chi connectivity index (χ4n) is 3.82. The van der Waals surface area contributed by atoms with Gasteiger partial charge in [0.25, 0.3) is 0 Å². The van der Waals surface area contributed by atoms with Crippen molar-refractivity contribution in [3.05, 3.63) is 47.0 Å². The van der Waals surface area contributed by atoms with Crippen LogP contribution in [0.2, 0.25) is 0 Å². The molecule has 0 radical (unpaired) electrons. The second-order valence-corrected chi connectivity index (χ2v) is 6.89. The van der Waals surface area contributed by atoms with Gasteiger partial charge in [-0.1, -0.05) is 30.3 Å². The highest BCUT2D eigenvalue weighted by Crippen LogP contribution is 2.39. The molecule has 0 aromatic heterocycles. The number of nitrogens with two attached hydrogens (primary N) is 1. The number of carbonyl (C=O) groups excluding carboxylic acids is 1. The summed E-state index contributed by atoms with van der Waals surface area (Å²) in [6.07, 6.45) is 5.38. The summed E-state index contributed by atoms with van der Waals surface area (Å²) in [4.78, 5) is 19.5. The third kappa shape index (κ3) is 2.56. The molecule has 0 spiro atoms. The number of dihydropyridines is 1. The minimum atomic E-state index is -0.148. The summed E-state index contributed by atoms with van der Waals surface area (Å²) in [7, 11) is 0. The Bertz CT molecular complexity index is 702. The molecule has 2 atom stereocenters. The topological polar surface area (TPSA) is 58.7 Å². The van der Waals surface area contributed by atoms with Crippen LogP contribution in [0, 0.1) is 11.8 Å². The Balaban J connectivity index is 1.56. The monoisotopic (exact) mass is 309 g/mol. The fraction of sp³-hybridized carbons (Fsp3) is 0.474. The first-order valence-electron chi connectivity index (χ1n) is 8.55. The van der Waals surface area contributed by atoms with Crippen molar-refractivity contribution in [2.24, 2.45) is 22.6 Å². The summed E-state index contributed by atoms with van der Waals surface area (Å²) in [5.74, 6) is 1.23. The summed E-state index contributed by atoms with van der Waals surface area (Å²) in [6, 6.07) is 8.58. The van der Waals surface area contributed by atoms with Crippen molar-refractivity contribution >= 4 is 11.7 Å². The van der Waals surface area contributed by atoms with Gasteiger partial charge in [-0.15, -0.1) is 0 Å². The largest absolute Gasteiger partial charge is 0.384 e. The molecule has 4 rings (SSSR count). The number of hydrogen-bond donors (Lipinski definition) is 1. The lowest BCUT2D eigenvalue weighted by Gasteiger charge is -2.37. The molecular formula is C19H23N3O. The zero-order valence-corrected chi connectivity index (χ0v) is 13.5. The Morgan fingerprint density at radius 3 is 2.87 bits per heavy atom. The van der Waals surface area contributed by atoms with E-state index in [1.54, 1.807) is 0 Å². The van der Waals surface area contributed by atoms with Gasteiger partial charge in [-0.3, -0.25) is 9.79 Å². The molecule has 2 heterocycles. The van der Waals surface area contributed by atoms with Crippen molar-refractivity contribution in [2.45, 2.75) is 32.2 Å². The Morgan fingerprint density at radius 2 is 2.09 bits per heavy atom. The first kappa shape index (κ1) is 14.5. The van der Waals surface area contributed by atoms with Gasteiger partial charge in [-0.2, -0.15) is 0 Å². The number of hydrogen-bond acceptors (Lipinski definition) is 3. The van der Waals surface area contributed by atoms with Crippen LogP contribution in [-0.4, -0.2) is 29.7 Å². The van der Waals surface area contributed by atoms with Crippen LogP contribution >= 0.6 is 0 Å². The predicted molar refractivity (Wildman–Crippen MR) is 91.1 cm³/mol. The van der Waals surface area contributed by atoms with E-state index in [0.29, 0.717) is 18.3 Å². The molecule has 2 aliphatic heterocycles. The maximum Gasteiger partial charge on any atom is 0.231 e. The highest BCUT2D eigenvalue weighted by molar-refractivity contribution is 6.00. The molecule has 1 aliphatic carbocycles. The van der Waals surface area contributed by atoms with Gasteiger partial charge < -0.3 is 10.6 Å². The minimum absolute atomic E-state index is 0.133. The maximum atomic E-state index is 13.0. The van der Waals surface area contributed by atoms with Crippen molar-refractivity contribution in [3.8, 4) is 0 Å². The fourth-order valence-corrected chi connectivity index (χ4v) is 3.82. The van der Waals surface area contributed by atoms with Crippen molar-refractivity contribution in [1.82, 2.24) is 4.90 Å². The molecule has 0 bridgehead atoms. The molecule has 23 heavy (non-hydrogen) atoms.